The van der Waals surface area contributed by atoms with Crippen LogP contribution in [-0.4, -0.2) is 53.0 Å². The second-order valence-electron chi connectivity index (χ2n) is 6.94. The minimum absolute atomic E-state index is 0.132. The van der Waals surface area contributed by atoms with E-state index in [1.165, 1.54) is 37.8 Å². The van der Waals surface area contributed by atoms with Crippen LogP contribution in [0.25, 0.3) is 0 Å². The molecule has 162 valence electrons. The van der Waals surface area contributed by atoms with Gasteiger partial charge in [0, 0.05) is 24.8 Å². The SMILES string of the molecule is COc1ccc(S(=O)(=O)N2CCC[C@@H](C(=O)Nc3ccc(OC)c(OC)c3)C2)cc1. The number of piperidine rings is 1. The Hall–Kier alpha value is -2.78. The van der Waals surface area contributed by atoms with Gasteiger partial charge in [-0.05, 0) is 49.2 Å². The first-order chi connectivity index (χ1) is 14.4. The van der Waals surface area contributed by atoms with Crippen molar-refractivity contribution in [2.75, 3.05) is 39.7 Å². The fourth-order valence-electron chi connectivity index (χ4n) is 3.43. The number of methoxy groups -OCH3 is 3. The van der Waals surface area contributed by atoms with Gasteiger partial charge in [-0.1, -0.05) is 0 Å². The number of sulfonamides is 1. The van der Waals surface area contributed by atoms with E-state index in [1.807, 2.05) is 0 Å². The summed E-state index contributed by atoms with van der Waals surface area (Å²) in [6.45, 7) is 0.516. The fraction of sp³-hybridized carbons (Fsp3) is 0.381. The van der Waals surface area contributed by atoms with Crippen LogP contribution in [0, 0.1) is 5.92 Å². The molecule has 3 rings (SSSR count). The molecule has 9 heteroatoms. The summed E-state index contributed by atoms with van der Waals surface area (Å²) in [7, 11) is 0.897. The molecule has 0 saturated carbocycles. The molecule has 0 spiro atoms. The predicted octanol–water partition coefficient (Wildman–Crippen LogP) is 2.75. The molecule has 0 radical (unpaired) electrons. The Labute approximate surface area is 176 Å². The number of nitrogens with one attached hydrogen (secondary N) is 1. The molecule has 1 heterocycles. The minimum Gasteiger partial charge on any atom is -0.497 e. The highest BCUT2D eigenvalue weighted by Crippen LogP contribution is 2.31. The highest BCUT2D eigenvalue weighted by atomic mass is 32.2. The second-order valence-corrected chi connectivity index (χ2v) is 8.87. The van der Waals surface area contributed by atoms with E-state index in [2.05, 4.69) is 5.32 Å². The fourth-order valence-corrected chi connectivity index (χ4v) is 4.95. The maximum Gasteiger partial charge on any atom is 0.243 e. The zero-order valence-electron chi connectivity index (χ0n) is 17.3. The van der Waals surface area contributed by atoms with Gasteiger partial charge in [-0.2, -0.15) is 4.31 Å². The maximum absolute atomic E-state index is 13.0. The molecule has 0 unspecified atom stereocenters. The van der Waals surface area contributed by atoms with Gasteiger partial charge in [-0.25, -0.2) is 8.42 Å². The first-order valence-electron chi connectivity index (χ1n) is 9.56. The number of carbonyl (C=O) groups excluding carboxylic acids is 1. The minimum atomic E-state index is -3.68. The molecule has 0 aromatic heterocycles. The Morgan fingerprint density at radius 1 is 1.00 bits per heavy atom. The number of carbonyl (C=O) groups is 1. The van der Waals surface area contributed by atoms with Crippen LogP contribution in [-0.2, 0) is 14.8 Å². The lowest BCUT2D eigenvalue weighted by molar-refractivity contribution is -0.120. The van der Waals surface area contributed by atoms with Gasteiger partial charge in [0.15, 0.2) is 11.5 Å². The summed E-state index contributed by atoms with van der Waals surface area (Å²) in [4.78, 5) is 13.0. The predicted molar refractivity (Wildman–Crippen MR) is 113 cm³/mol. The number of amides is 1. The van der Waals surface area contributed by atoms with Crippen LogP contribution >= 0.6 is 0 Å². The second kappa shape index (κ2) is 9.36. The van der Waals surface area contributed by atoms with E-state index in [-0.39, 0.29) is 17.3 Å². The van der Waals surface area contributed by atoms with Crippen molar-refractivity contribution in [1.82, 2.24) is 4.31 Å². The highest BCUT2D eigenvalue weighted by Gasteiger charge is 2.33. The van der Waals surface area contributed by atoms with Gasteiger partial charge in [-0.3, -0.25) is 4.79 Å². The number of rotatable bonds is 7. The van der Waals surface area contributed by atoms with Crippen molar-refractivity contribution < 1.29 is 27.4 Å². The molecular formula is C21H26N2O6S. The third-order valence-electron chi connectivity index (χ3n) is 5.10. The van der Waals surface area contributed by atoms with Crippen molar-refractivity contribution in [3.05, 3.63) is 42.5 Å². The van der Waals surface area contributed by atoms with Gasteiger partial charge in [-0.15, -0.1) is 0 Å². The molecule has 2 aromatic carbocycles. The third-order valence-corrected chi connectivity index (χ3v) is 6.98. The van der Waals surface area contributed by atoms with Gasteiger partial charge >= 0.3 is 0 Å². The summed E-state index contributed by atoms with van der Waals surface area (Å²) in [5.74, 6) is 0.976. The largest absolute Gasteiger partial charge is 0.497 e. The van der Waals surface area contributed by atoms with Crippen LogP contribution in [0.15, 0.2) is 47.4 Å². The molecule has 30 heavy (non-hydrogen) atoms. The lowest BCUT2D eigenvalue weighted by Gasteiger charge is -2.31. The highest BCUT2D eigenvalue weighted by molar-refractivity contribution is 7.89. The van der Waals surface area contributed by atoms with Crippen molar-refractivity contribution >= 4 is 21.6 Å². The quantitative estimate of drug-likeness (QED) is 0.720. The molecular weight excluding hydrogens is 408 g/mol. The zero-order valence-corrected chi connectivity index (χ0v) is 18.1. The number of ether oxygens (including phenoxy) is 3. The smallest absolute Gasteiger partial charge is 0.243 e. The Balaban J connectivity index is 1.71. The number of benzene rings is 2. The molecule has 8 nitrogen and oxygen atoms in total. The summed E-state index contributed by atoms with van der Waals surface area (Å²) >= 11 is 0. The third kappa shape index (κ3) is 4.68. The zero-order chi connectivity index (χ0) is 21.7. The van der Waals surface area contributed by atoms with E-state index in [0.29, 0.717) is 42.3 Å². The van der Waals surface area contributed by atoms with Crippen molar-refractivity contribution in [3.63, 3.8) is 0 Å². The first kappa shape index (κ1) is 21.9. The standard InChI is InChI=1S/C21H26N2O6S/c1-27-17-7-9-18(10-8-17)30(25,26)23-12-4-5-15(14-23)21(24)22-16-6-11-19(28-2)20(13-16)29-3/h6-11,13,15H,4-5,12,14H2,1-3H3,(H,22,24)/t15-/m1/s1. The Kier molecular flexibility index (Phi) is 6.84. The molecule has 1 fully saturated rings. The average Bonchev–Trinajstić information content (AvgIpc) is 2.79. The molecule has 1 amide bonds. The molecule has 2 aromatic rings. The first-order valence-corrected chi connectivity index (χ1v) is 11.0. The number of anilines is 1. The molecule has 1 saturated heterocycles. The van der Waals surface area contributed by atoms with E-state index in [4.69, 9.17) is 14.2 Å². The van der Waals surface area contributed by atoms with Crippen LogP contribution in [0.4, 0.5) is 5.69 Å². The van der Waals surface area contributed by atoms with E-state index in [0.717, 1.165) is 0 Å². The van der Waals surface area contributed by atoms with Crippen molar-refractivity contribution in [3.8, 4) is 17.2 Å². The summed E-state index contributed by atoms with van der Waals surface area (Å²) in [6, 6.07) is 11.3. The van der Waals surface area contributed by atoms with E-state index in [9.17, 15) is 13.2 Å². The topological polar surface area (TPSA) is 94.2 Å². The maximum atomic E-state index is 13.0. The van der Waals surface area contributed by atoms with Gasteiger partial charge in [0.1, 0.15) is 5.75 Å². The molecule has 1 atom stereocenters. The summed E-state index contributed by atoms with van der Waals surface area (Å²) in [5, 5.41) is 2.85. The van der Waals surface area contributed by atoms with Gasteiger partial charge in [0.25, 0.3) is 0 Å². The van der Waals surface area contributed by atoms with E-state index in [1.54, 1.807) is 30.3 Å². The normalized spacial score (nSPS) is 17.2. The van der Waals surface area contributed by atoms with Crippen molar-refractivity contribution in [2.24, 2.45) is 5.92 Å². The van der Waals surface area contributed by atoms with Crippen LogP contribution < -0.4 is 19.5 Å². The molecule has 1 aliphatic heterocycles. The van der Waals surface area contributed by atoms with E-state index < -0.39 is 15.9 Å². The average molecular weight is 435 g/mol. The monoisotopic (exact) mass is 434 g/mol. The van der Waals surface area contributed by atoms with Gasteiger partial charge < -0.3 is 19.5 Å². The Bertz CT molecular complexity index is 991. The number of hydrogen-bond acceptors (Lipinski definition) is 6. The van der Waals surface area contributed by atoms with Crippen LogP contribution in [0.5, 0.6) is 17.2 Å². The summed E-state index contributed by atoms with van der Waals surface area (Å²) in [6.07, 6.45) is 1.23. The van der Waals surface area contributed by atoms with E-state index >= 15 is 0 Å². The van der Waals surface area contributed by atoms with Crippen LogP contribution in [0.1, 0.15) is 12.8 Å². The number of nitrogens with zero attached hydrogens (tertiary/aromatic N) is 1. The number of hydrogen-bond donors (Lipinski definition) is 1. The Morgan fingerprint density at radius 2 is 1.70 bits per heavy atom. The molecule has 0 bridgehead atoms. The van der Waals surface area contributed by atoms with Gasteiger partial charge in [0.05, 0.1) is 32.1 Å². The van der Waals surface area contributed by atoms with Crippen molar-refractivity contribution in [1.29, 1.82) is 0 Å². The lowest BCUT2D eigenvalue weighted by atomic mass is 9.98. The van der Waals surface area contributed by atoms with Crippen LogP contribution in [0.3, 0.4) is 0 Å². The molecule has 1 N–H and O–H groups in total. The molecule has 1 aliphatic rings. The van der Waals surface area contributed by atoms with Crippen LogP contribution in [0.2, 0.25) is 0 Å². The van der Waals surface area contributed by atoms with Gasteiger partial charge in [0.2, 0.25) is 15.9 Å². The Morgan fingerprint density at radius 3 is 2.33 bits per heavy atom. The molecule has 0 aliphatic carbocycles. The van der Waals surface area contributed by atoms with Crippen molar-refractivity contribution in [2.45, 2.75) is 17.7 Å². The lowest BCUT2D eigenvalue weighted by Crippen LogP contribution is -2.43. The summed E-state index contributed by atoms with van der Waals surface area (Å²) in [5.41, 5.74) is 0.563. The summed E-state index contributed by atoms with van der Waals surface area (Å²) < 4.78 is 42.9.